The van der Waals surface area contributed by atoms with E-state index < -0.39 is 0 Å². The molecule has 0 N–H and O–H groups in total. The maximum absolute atomic E-state index is 13.1. The summed E-state index contributed by atoms with van der Waals surface area (Å²) < 4.78 is 0. The van der Waals surface area contributed by atoms with Gasteiger partial charge in [0.2, 0.25) is 5.91 Å². The van der Waals surface area contributed by atoms with Crippen LogP contribution in [0.5, 0.6) is 0 Å². The molecule has 0 spiro atoms. The molecule has 1 aliphatic rings. The normalized spacial score (nSPS) is 16.4. The van der Waals surface area contributed by atoms with E-state index >= 15 is 0 Å². The predicted molar refractivity (Wildman–Crippen MR) is 117 cm³/mol. The van der Waals surface area contributed by atoms with Crippen molar-refractivity contribution in [2.24, 2.45) is 0 Å². The Balaban J connectivity index is 1.83. The molecule has 0 aromatic heterocycles. The molecule has 1 aliphatic heterocycles. The Hall–Kier alpha value is -3.39. The van der Waals surface area contributed by atoms with Gasteiger partial charge in [0.15, 0.2) is 0 Å². The van der Waals surface area contributed by atoms with Gasteiger partial charge in [0, 0.05) is 24.6 Å². The van der Waals surface area contributed by atoms with Gasteiger partial charge in [0.25, 0.3) is 0 Å². The average Bonchev–Trinajstić information content (AvgIpc) is 2.74. The standard InChI is InChI=1S/C26H21NO/c1-2-16-27-24-15-14-19-9-4-6-12-21(19)26(24)23(17-25(27)28)22-13-7-10-18-8-3-5-11-20(18)22/h2-15,23H,1,16-17H2. The lowest BCUT2D eigenvalue weighted by Gasteiger charge is -2.35. The monoisotopic (exact) mass is 363 g/mol. The van der Waals surface area contributed by atoms with E-state index in [4.69, 9.17) is 0 Å². The summed E-state index contributed by atoms with van der Waals surface area (Å²) in [5.74, 6) is 0.196. The Morgan fingerprint density at radius 1 is 0.857 bits per heavy atom. The first-order chi connectivity index (χ1) is 13.8. The van der Waals surface area contributed by atoms with Crippen molar-refractivity contribution in [1.29, 1.82) is 0 Å². The number of nitrogens with zero attached hydrogens (tertiary/aromatic N) is 1. The van der Waals surface area contributed by atoms with Gasteiger partial charge in [-0.2, -0.15) is 0 Å². The van der Waals surface area contributed by atoms with Crippen LogP contribution in [0.25, 0.3) is 21.5 Å². The Kier molecular flexibility index (Phi) is 3.98. The van der Waals surface area contributed by atoms with Crippen molar-refractivity contribution in [3.8, 4) is 0 Å². The smallest absolute Gasteiger partial charge is 0.228 e. The van der Waals surface area contributed by atoms with Crippen molar-refractivity contribution in [1.82, 2.24) is 0 Å². The molecule has 0 aliphatic carbocycles. The van der Waals surface area contributed by atoms with Crippen LogP contribution in [-0.2, 0) is 4.79 Å². The van der Waals surface area contributed by atoms with E-state index in [9.17, 15) is 4.79 Å². The lowest BCUT2D eigenvalue weighted by Crippen LogP contribution is -2.37. The van der Waals surface area contributed by atoms with Gasteiger partial charge in [-0.15, -0.1) is 6.58 Å². The zero-order valence-corrected chi connectivity index (χ0v) is 15.6. The van der Waals surface area contributed by atoms with Crippen molar-refractivity contribution in [3.05, 3.63) is 103 Å². The highest BCUT2D eigenvalue weighted by molar-refractivity contribution is 6.04. The highest BCUT2D eigenvalue weighted by Gasteiger charge is 2.33. The molecule has 0 saturated heterocycles. The SMILES string of the molecule is C=CCN1C(=O)CC(c2cccc3ccccc23)c2c1ccc1ccccc21. The first-order valence-corrected chi connectivity index (χ1v) is 9.68. The summed E-state index contributed by atoms with van der Waals surface area (Å²) in [6.07, 6.45) is 2.28. The molecule has 0 saturated carbocycles. The topological polar surface area (TPSA) is 20.3 Å². The molecule has 1 amide bonds. The van der Waals surface area contributed by atoms with Crippen molar-refractivity contribution in [3.63, 3.8) is 0 Å². The van der Waals surface area contributed by atoms with E-state index in [1.165, 1.54) is 32.7 Å². The van der Waals surface area contributed by atoms with Gasteiger partial charge in [-0.3, -0.25) is 4.79 Å². The number of fused-ring (bicyclic) bond motifs is 4. The quantitative estimate of drug-likeness (QED) is 0.406. The molecule has 0 bridgehead atoms. The van der Waals surface area contributed by atoms with Gasteiger partial charge >= 0.3 is 0 Å². The highest BCUT2D eigenvalue weighted by Crippen LogP contribution is 2.45. The number of anilines is 1. The summed E-state index contributed by atoms with van der Waals surface area (Å²) in [4.78, 5) is 15.0. The summed E-state index contributed by atoms with van der Waals surface area (Å²) in [7, 11) is 0. The summed E-state index contributed by atoms with van der Waals surface area (Å²) in [5.41, 5.74) is 3.48. The number of amides is 1. The largest absolute Gasteiger partial charge is 0.308 e. The van der Waals surface area contributed by atoms with Gasteiger partial charge in [-0.25, -0.2) is 0 Å². The minimum absolute atomic E-state index is 0.0424. The van der Waals surface area contributed by atoms with E-state index in [1.54, 1.807) is 6.08 Å². The maximum Gasteiger partial charge on any atom is 0.228 e. The molecule has 1 unspecified atom stereocenters. The molecule has 0 radical (unpaired) electrons. The first kappa shape index (κ1) is 16.8. The predicted octanol–water partition coefficient (Wildman–Crippen LogP) is 6.05. The van der Waals surface area contributed by atoms with Crippen LogP contribution in [0.3, 0.4) is 0 Å². The van der Waals surface area contributed by atoms with Crippen LogP contribution in [0, 0.1) is 0 Å². The summed E-state index contributed by atoms with van der Waals surface area (Å²) in [6.45, 7) is 4.38. The molecule has 4 aromatic rings. The van der Waals surface area contributed by atoms with Gasteiger partial charge in [-0.1, -0.05) is 78.9 Å². The third kappa shape index (κ3) is 2.53. The molecule has 5 rings (SSSR count). The molecule has 2 nitrogen and oxygen atoms in total. The van der Waals surface area contributed by atoms with E-state index in [-0.39, 0.29) is 11.8 Å². The fraction of sp³-hybridized carbons (Fsp3) is 0.115. The third-order valence-electron chi connectivity index (χ3n) is 5.78. The van der Waals surface area contributed by atoms with E-state index in [2.05, 4.69) is 85.4 Å². The number of carbonyl (C=O) groups excluding carboxylic acids is 1. The molecule has 4 aromatic carbocycles. The summed E-state index contributed by atoms with van der Waals surface area (Å²) >= 11 is 0. The van der Waals surface area contributed by atoms with E-state index in [0.29, 0.717) is 13.0 Å². The second kappa shape index (κ2) is 6.65. The Bertz CT molecular complexity index is 1220. The Labute approximate surface area is 164 Å². The van der Waals surface area contributed by atoms with Gasteiger partial charge < -0.3 is 4.90 Å². The van der Waals surface area contributed by atoms with Gasteiger partial charge in [-0.05, 0) is 38.7 Å². The Morgan fingerprint density at radius 3 is 2.32 bits per heavy atom. The second-order valence-electron chi connectivity index (χ2n) is 7.34. The number of hydrogen-bond donors (Lipinski definition) is 0. The van der Waals surface area contributed by atoms with Crippen molar-refractivity contribution in [2.45, 2.75) is 12.3 Å². The molecule has 136 valence electrons. The minimum Gasteiger partial charge on any atom is -0.308 e. The minimum atomic E-state index is 0.0424. The van der Waals surface area contributed by atoms with Crippen molar-refractivity contribution < 1.29 is 4.79 Å². The fourth-order valence-corrected chi connectivity index (χ4v) is 4.56. The molecule has 0 fully saturated rings. The summed E-state index contributed by atoms with van der Waals surface area (Å²) in [6, 6.07) is 27.5. The molecule has 28 heavy (non-hydrogen) atoms. The zero-order chi connectivity index (χ0) is 19.1. The van der Waals surface area contributed by atoms with Crippen LogP contribution >= 0.6 is 0 Å². The zero-order valence-electron chi connectivity index (χ0n) is 15.6. The molecule has 1 atom stereocenters. The van der Waals surface area contributed by atoms with Crippen LogP contribution in [0.4, 0.5) is 5.69 Å². The number of carbonyl (C=O) groups is 1. The molecule has 2 heteroatoms. The molecular weight excluding hydrogens is 342 g/mol. The van der Waals surface area contributed by atoms with Gasteiger partial charge in [0.05, 0.1) is 0 Å². The average molecular weight is 363 g/mol. The van der Waals surface area contributed by atoms with Crippen molar-refractivity contribution >= 4 is 33.1 Å². The van der Waals surface area contributed by atoms with E-state index in [1.807, 2.05) is 4.90 Å². The van der Waals surface area contributed by atoms with Crippen molar-refractivity contribution in [2.75, 3.05) is 11.4 Å². The second-order valence-corrected chi connectivity index (χ2v) is 7.34. The van der Waals surface area contributed by atoms with Crippen LogP contribution in [0.1, 0.15) is 23.5 Å². The lowest BCUT2D eigenvalue weighted by molar-refractivity contribution is -0.119. The van der Waals surface area contributed by atoms with Crippen LogP contribution in [0.2, 0.25) is 0 Å². The van der Waals surface area contributed by atoms with Crippen LogP contribution in [-0.4, -0.2) is 12.5 Å². The van der Waals surface area contributed by atoms with Crippen LogP contribution in [0.15, 0.2) is 91.5 Å². The fourth-order valence-electron chi connectivity index (χ4n) is 4.56. The highest BCUT2D eigenvalue weighted by atomic mass is 16.2. The van der Waals surface area contributed by atoms with E-state index in [0.717, 1.165) is 5.69 Å². The molecular formula is C26H21NO. The number of rotatable bonds is 3. The lowest BCUT2D eigenvalue weighted by atomic mass is 9.79. The maximum atomic E-state index is 13.1. The summed E-state index contributed by atoms with van der Waals surface area (Å²) in [5, 5.41) is 4.86. The Morgan fingerprint density at radius 2 is 1.54 bits per heavy atom. The molecule has 1 heterocycles. The number of benzene rings is 4. The third-order valence-corrected chi connectivity index (χ3v) is 5.78. The number of hydrogen-bond acceptors (Lipinski definition) is 1. The van der Waals surface area contributed by atoms with Crippen LogP contribution < -0.4 is 4.90 Å². The van der Waals surface area contributed by atoms with Gasteiger partial charge in [0.1, 0.15) is 0 Å². The first-order valence-electron chi connectivity index (χ1n) is 9.68.